The lowest BCUT2D eigenvalue weighted by atomic mass is 9.81. The Bertz CT molecular complexity index is 326. The zero-order valence-electron chi connectivity index (χ0n) is 9.10. The van der Waals surface area contributed by atoms with Gasteiger partial charge < -0.3 is 5.73 Å². The highest BCUT2D eigenvalue weighted by Gasteiger charge is 2.52. The van der Waals surface area contributed by atoms with E-state index in [1.54, 1.807) is 6.08 Å². The molecule has 82 valence electrons. The Kier molecular flexibility index (Phi) is 2.01. The first-order chi connectivity index (χ1) is 7.18. The van der Waals surface area contributed by atoms with E-state index in [1.807, 2.05) is 0 Å². The molecule has 3 nitrogen and oxygen atoms in total. The van der Waals surface area contributed by atoms with E-state index < -0.39 is 0 Å². The molecule has 0 aromatic heterocycles. The number of carbonyl (C=O) groups is 1. The van der Waals surface area contributed by atoms with E-state index in [1.165, 1.54) is 6.42 Å². The number of nitrogens with two attached hydrogens (primary N) is 1. The second kappa shape index (κ2) is 3.16. The first-order valence-electron chi connectivity index (χ1n) is 5.87. The zero-order valence-corrected chi connectivity index (χ0v) is 9.10. The molecule has 2 N–H and O–H groups in total. The van der Waals surface area contributed by atoms with Gasteiger partial charge in [0.05, 0.1) is 0 Å². The van der Waals surface area contributed by atoms with Crippen molar-refractivity contribution >= 4 is 5.78 Å². The second-order valence-corrected chi connectivity index (χ2v) is 5.25. The van der Waals surface area contributed by atoms with Crippen LogP contribution in [0.2, 0.25) is 0 Å². The Labute approximate surface area is 90.3 Å². The number of ketones is 1. The standard InChI is InChI=1S/C12H18N2O/c1-14-11-5-2-7(15)6-9(11)8-3-4-10(13)12(8)14/h2,5,8-12H,3-4,6,13H2,1H3. The van der Waals surface area contributed by atoms with Crippen LogP contribution in [0.4, 0.5) is 0 Å². The smallest absolute Gasteiger partial charge is 0.155 e. The van der Waals surface area contributed by atoms with Gasteiger partial charge in [0.25, 0.3) is 0 Å². The summed E-state index contributed by atoms with van der Waals surface area (Å²) in [5, 5.41) is 0. The zero-order chi connectivity index (χ0) is 10.6. The van der Waals surface area contributed by atoms with Gasteiger partial charge in [0, 0.05) is 24.5 Å². The van der Waals surface area contributed by atoms with Gasteiger partial charge in [-0.05, 0) is 37.8 Å². The number of likely N-dealkylation sites (tertiary alicyclic amines) is 1. The van der Waals surface area contributed by atoms with Crippen LogP contribution in [0.5, 0.6) is 0 Å². The molecule has 1 saturated heterocycles. The predicted octanol–water partition coefficient (Wildman–Crippen LogP) is 0.551. The Hall–Kier alpha value is -0.670. The van der Waals surface area contributed by atoms with Gasteiger partial charge in [-0.25, -0.2) is 0 Å². The number of carbonyl (C=O) groups excluding carboxylic acids is 1. The molecule has 2 aliphatic carbocycles. The molecule has 0 radical (unpaired) electrons. The lowest BCUT2D eigenvalue weighted by Gasteiger charge is -2.28. The van der Waals surface area contributed by atoms with Crippen LogP contribution in [-0.4, -0.2) is 35.9 Å². The molecule has 1 saturated carbocycles. The summed E-state index contributed by atoms with van der Waals surface area (Å²) in [6.07, 6.45) is 6.91. The Morgan fingerprint density at radius 3 is 3.00 bits per heavy atom. The monoisotopic (exact) mass is 206 g/mol. The number of nitrogens with zero attached hydrogens (tertiary/aromatic N) is 1. The highest BCUT2D eigenvalue weighted by molar-refractivity contribution is 5.91. The number of fused-ring (bicyclic) bond motifs is 3. The molecule has 3 rings (SSSR count). The highest BCUT2D eigenvalue weighted by atomic mass is 16.1. The van der Waals surface area contributed by atoms with E-state index in [0.29, 0.717) is 35.7 Å². The molecule has 0 bridgehead atoms. The first-order valence-corrected chi connectivity index (χ1v) is 5.87. The lowest BCUT2D eigenvalue weighted by Crippen LogP contribution is -2.43. The average molecular weight is 206 g/mol. The van der Waals surface area contributed by atoms with Gasteiger partial charge in [0.15, 0.2) is 5.78 Å². The van der Waals surface area contributed by atoms with Crippen molar-refractivity contribution in [2.45, 2.75) is 37.4 Å². The minimum Gasteiger partial charge on any atom is -0.326 e. The van der Waals surface area contributed by atoms with Gasteiger partial charge in [-0.15, -0.1) is 0 Å². The fourth-order valence-electron chi connectivity index (χ4n) is 3.93. The topological polar surface area (TPSA) is 46.3 Å². The van der Waals surface area contributed by atoms with Crippen molar-refractivity contribution in [3.05, 3.63) is 12.2 Å². The van der Waals surface area contributed by atoms with E-state index in [0.717, 1.165) is 12.8 Å². The van der Waals surface area contributed by atoms with Crippen LogP contribution in [-0.2, 0) is 4.79 Å². The average Bonchev–Trinajstić information content (AvgIpc) is 2.70. The third-order valence-electron chi connectivity index (χ3n) is 4.56. The number of likely N-dealkylation sites (N-methyl/N-ethyl adjacent to an activating group) is 1. The molecule has 3 heteroatoms. The molecule has 2 fully saturated rings. The van der Waals surface area contributed by atoms with Crippen LogP contribution in [0.3, 0.4) is 0 Å². The van der Waals surface area contributed by atoms with E-state index in [9.17, 15) is 4.79 Å². The van der Waals surface area contributed by atoms with E-state index >= 15 is 0 Å². The molecule has 5 unspecified atom stereocenters. The van der Waals surface area contributed by atoms with Gasteiger partial charge in [0.1, 0.15) is 0 Å². The Balaban J connectivity index is 1.93. The van der Waals surface area contributed by atoms with Gasteiger partial charge in [-0.1, -0.05) is 6.08 Å². The third-order valence-corrected chi connectivity index (χ3v) is 4.56. The quantitative estimate of drug-likeness (QED) is 0.629. The molecule has 1 aliphatic heterocycles. The maximum atomic E-state index is 11.4. The SMILES string of the molecule is CN1C2C=CC(=O)CC2C2CCC(N)C21. The molecule has 15 heavy (non-hydrogen) atoms. The van der Waals surface area contributed by atoms with Gasteiger partial charge in [-0.2, -0.15) is 0 Å². The number of allylic oxidation sites excluding steroid dienone is 1. The molecule has 0 amide bonds. The lowest BCUT2D eigenvalue weighted by molar-refractivity contribution is -0.116. The van der Waals surface area contributed by atoms with Crippen molar-refractivity contribution in [1.29, 1.82) is 0 Å². The molecule has 3 aliphatic rings. The molecule has 0 aromatic carbocycles. The van der Waals surface area contributed by atoms with Crippen LogP contribution in [0.25, 0.3) is 0 Å². The van der Waals surface area contributed by atoms with Crippen molar-refractivity contribution in [2.24, 2.45) is 17.6 Å². The number of rotatable bonds is 0. The summed E-state index contributed by atoms with van der Waals surface area (Å²) in [6.45, 7) is 0. The third kappa shape index (κ3) is 1.23. The first kappa shape index (κ1) is 9.55. The van der Waals surface area contributed by atoms with Crippen molar-refractivity contribution in [3.8, 4) is 0 Å². The van der Waals surface area contributed by atoms with E-state index in [4.69, 9.17) is 5.73 Å². The summed E-state index contributed by atoms with van der Waals surface area (Å²) in [7, 11) is 2.16. The largest absolute Gasteiger partial charge is 0.326 e. The highest BCUT2D eigenvalue weighted by Crippen LogP contribution is 2.46. The normalized spacial score (nSPS) is 49.5. The van der Waals surface area contributed by atoms with Crippen molar-refractivity contribution < 1.29 is 4.79 Å². The van der Waals surface area contributed by atoms with Gasteiger partial charge in [-0.3, -0.25) is 9.69 Å². The Morgan fingerprint density at radius 1 is 1.40 bits per heavy atom. The predicted molar refractivity (Wildman–Crippen MR) is 58.3 cm³/mol. The number of hydrogen-bond donors (Lipinski definition) is 1. The van der Waals surface area contributed by atoms with Crippen LogP contribution in [0.1, 0.15) is 19.3 Å². The molecule has 0 aromatic rings. The van der Waals surface area contributed by atoms with E-state index in [-0.39, 0.29) is 0 Å². The fraction of sp³-hybridized carbons (Fsp3) is 0.750. The summed E-state index contributed by atoms with van der Waals surface area (Å²) in [4.78, 5) is 13.8. The molecule has 5 atom stereocenters. The van der Waals surface area contributed by atoms with Crippen molar-refractivity contribution in [3.63, 3.8) is 0 Å². The maximum absolute atomic E-state index is 11.4. The minimum atomic E-state index is 0.297. The number of hydrogen-bond acceptors (Lipinski definition) is 3. The summed E-state index contributed by atoms with van der Waals surface area (Å²) >= 11 is 0. The fourth-order valence-corrected chi connectivity index (χ4v) is 3.93. The summed E-state index contributed by atoms with van der Waals surface area (Å²) < 4.78 is 0. The molecule has 1 heterocycles. The van der Waals surface area contributed by atoms with Crippen LogP contribution in [0.15, 0.2) is 12.2 Å². The van der Waals surface area contributed by atoms with Gasteiger partial charge in [0.2, 0.25) is 0 Å². The minimum absolute atomic E-state index is 0.297. The molecule has 0 spiro atoms. The maximum Gasteiger partial charge on any atom is 0.155 e. The van der Waals surface area contributed by atoms with Crippen molar-refractivity contribution in [2.75, 3.05) is 7.05 Å². The summed E-state index contributed by atoms with van der Waals surface area (Å²) in [5.74, 6) is 1.49. The summed E-state index contributed by atoms with van der Waals surface area (Å²) in [5.41, 5.74) is 6.15. The van der Waals surface area contributed by atoms with Crippen molar-refractivity contribution in [1.82, 2.24) is 4.90 Å². The van der Waals surface area contributed by atoms with E-state index in [2.05, 4.69) is 18.0 Å². The Morgan fingerprint density at radius 2 is 2.20 bits per heavy atom. The molecular formula is C12H18N2O. The molecular weight excluding hydrogens is 188 g/mol. The van der Waals surface area contributed by atoms with Crippen LogP contribution < -0.4 is 5.73 Å². The summed E-state index contributed by atoms with van der Waals surface area (Å²) in [6, 6.07) is 1.29. The van der Waals surface area contributed by atoms with Gasteiger partial charge >= 0.3 is 0 Å². The second-order valence-electron chi connectivity index (χ2n) is 5.25. The van der Waals surface area contributed by atoms with Crippen LogP contribution in [0, 0.1) is 11.8 Å². The van der Waals surface area contributed by atoms with Crippen LogP contribution >= 0.6 is 0 Å².